The van der Waals surface area contributed by atoms with Crippen molar-refractivity contribution in [2.24, 2.45) is 5.92 Å². The van der Waals surface area contributed by atoms with E-state index in [-0.39, 0.29) is 20.1 Å². The molecule has 0 atom stereocenters. The van der Waals surface area contributed by atoms with Crippen LogP contribution in [0.4, 0.5) is 0 Å². The molecule has 9 rings (SSSR count). The largest absolute Gasteiger partial charge is 0.501 e. The first-order valence-corrected chi connectivity index (χ1v) is 28.3. The Labute approximate surface area is 367 Å². The maximum absolute atomic E-state index is 6.52. The van der Waals surface area contributed by atoms with Crippen molar-refractivity contribution >= 4 is 39.6 Å². The second-order valence-electron chi connectivity index (χ2n) is 17.4. The summed E-state index contributed by atoms with van der Waals surface area (Å²) in [4.78, 5) is 9.45. The second kappa shape index (κ2) is 18.3. The van der Waals surface area contributed by atoms with Crippen LogP contribution in [0.1, 0.15) is 59.9 Å². The molecule has 5 heteroatoms. The molecule has 1 aliphatic carbocycles. The van der Waals surface area contributed by atoms with E-state index in [4.69, 9.17) is 14.4 Å². The molecule has 1 fully saturated rings. The van der Waals surface area contributed by atoms with Crippen LogP contribution in [0.3, 0.4) is 0 Å². The molecule has 5 aromatic carbocycles. The summed E-state index contributed by atoms with van der Waals surface area (Å²) in [5, 5.41) is 2.26. The Morgan fingerprint density at radius 1 is 0.661 bits per heavy atom. The van der Waals surface area contributed by atoms with Crippen molar-refractivity contribution in [1.29, 1.82) is 0 Å². The monoisotopic (exact) mass is 1010 g/mol. The van der Waals surface area contributed by atoms with Gasteiger partial charge in [0.25, 0.3) is 0 Å². The topological polar surface area (TPSA) is 38.9 Å². The molecule has 0 amide bonds. The third-order valence-electron chi connectivity index (χ3n) is 11.8. The van der Waals surface area contributed by atoms with Crippen LogP contribution in [-0.4, -0.2) is 23.2 Å². The van der Waals surface area contributed by atoms with Crippen LogP contribution >= 0.6 is 0 Å². The molecule has 3 aromatic heterocycles. The van der Waals surface area contributed by atoms with Crippen molar-refractivity contribution in [3.8, 4) is 44.8 Å². The summed E-state index contributed by atoms with van der Waals surface area (Å²) in [5.41, 5.74) is 17.3. The Kier molecular flexibility index (Phi) is 13.2. The Morgan fingerprint density at radius 3 is 2.14 bits per heavy atom. The number of aryl methyl sites for hydroxylation is 4. The predicted molar refractivity (Wildman–Crippen MR) is 247 cm³/mol. The number of rotatable bonds is 7. The van der Waals surface area contributed by atoms with Crippen molar-refractivity contribution < 1.29 is 24.5 Å². The normalized spacial score (nSPS) is 13.2. The van der Waals surface area contributed by atoms with Gasteiger partial charge in [0.1, 0.15) is 5.58 Å². The summed E-state index contributed by atoms with van der Waals surface area (Å²) in [6.07, 6.45) is 12.0. The number of benzene rings is 5. The van der Waals surface area contributed by atoms with E-state index < -0.39 is 13.3 Å². The minimum atomic E-state index is -1.85. The molecule has 301 valence electrons. The fourth-order valence-electron chi connectivity index (χ4n) is 9.10. The van der Waals surface area contributed by atoms with E-state index in [0.29, 0.717) is 0 Å². The van der Waals surface area contributed by atoms with Gasteiger partial charge in [0.2, 0.25) is 0 Å². The van der Waals surface area contributed by atoms with Crippen LogP contribution < -0.4 is 4.40 Å². The molecule has 0 spiro atoms. The molecule has 0 bridgehead atoms. The number of hydrogen-bond acceptors (Lipinski definition) is 3. The molecule has 0 saturated heterocycles. The maximum atomic E-state index is 6.52. The van der Waals surface area contributed by atoms with E-state index in [9.17, 15) is 0 Å². The molecule has 1 aliphatic rings. The average molecular weight is 1010 g/mol. The van der Waals surface area contributed by atoms with Crippen molar-refractivity contribution in [1.82, 2.24) is 9.97 Å². The average Bonchev–Trinajstić information content (AvgIpc) is 3.59. The van der Waals surface area contributed by atoms with Gasteiger partial charge in [-0.3, -0.25) is 0 Å². The smallest absolute Gasteiger partial charge is 0.121 e. The van der Waals surface area contributed by atoms with Crippen molar-refractivity contribution in [2.45, 2.75) is 83.5 Å². The summed E-state index contributed by atoms with van der Waals surface area (Å²) < 4.78 is 8.00. The van der Waals surface area contributed by atoms with Gasteiger partial charge in [-0.25, -0.2) is 0 Å². The van der Waals surface area contributed by atoms with Crippen molar-refractivity contribution in [3.63, 3.8) is 0 Å². The SMILES string of the molecule is Cc1cc(-c2[c-]ccc(-c3ccccc3)c2)nc[c]1[Ge]([CH3])([CH3])[CH3].Cc1cc(C)c(-c2ccc3c(c2)oc2c(-c4cc(CC5CCCCC5)ccn4)[c-]ccc23)c(C)c1.[Ir]. The third kappa shape index (κ3) is 9.57. The van der Waals surface area contributed by atoms with Gasteiger partial charge in [-0.05, 0) is 73.2 Å². The summed E-state index contributed by atoms with van der Waals surface area (Å²) in [5.74, 6) is 8.03. The summed E-state index contributed by atoms with van der Waals surface area (Å²) in [7, 11) is 0. The number of furan rings is 1. The van der Waals surface area contributed by atoms with Gasteiger partial charge in [-0.1, -0.05) is 84.5 Å². The maximum Gasteiger partial charge on any atom is 0.121 e. The fourth-order valence-corrected chi connectivity index (χ4v) is 12.7. The van der Waals surface area contributed by atoms with Gasteiger partial charge in [0.05, 0.1) is 5.58 Å². The van der Waals surface area contributed by atoms with E-state index >= 15 is 0 Å². The third-order valence-corrected chi connectivity index (χ3v) is 16.3. The van der Waals surface area contributed by atoms with Gasteiger partial charge in [-0.15, -0.1) is 18.2 Å². The minimum absolute atomic E-state index is 0. The Bertz CT molecular complexity index is 2700. The van der Waals surface area contributed by atoms with E-state index in [2.05, 4.69) is 154 Å². The number of aromatic nitrogens is 2. The Morgan fingerprint density at radius 2 is 1.41 bits per heavy atom. The first-order valence-electron chi connectivity index (χ1n) is 21.0. The molecular formula is C54H54GeIrN2O-2. The molecule has 0 aliphatic heterocycles. The zero-order valence-electron chi connectivity index (χ0n) is 35.5. The quantitative estimate of drug-likeness (QED) is 0.118. The van der Waals surface area contributed by atoms with Crippen LogP contribution in [-0.2, 0) is 26.5 Å². The summed E-state index contributed by atoms with van der Waals surface area (Å²) >= 11 is -1.85. The van der Waals surface area contributed by atoms with Gasteiger partial charge in [0, 0.05) is 31.7 Å². The molecule has 0 unspecified atom stereocenters. The van der Waals surface area contributed by atoms with Crippen LogP contribution in [0.15, 0.2) is 126 Å². The molecule has 59 heavy (non-hydrogen) atoms. The minimum Gasteiger partial charge on any atom is -0.501 e. The van der Waals surface area contributed by atoms with Gasteiger partial charge in [-0.2, -0.15) is 0 Å². The first kappa shape index (κ1) is 42.5. The van der Waals surface area contributed by atoms with Gasteiger partial charge >= 0.3 is 142 Å². The number of fused-ring (bicyclic) bond motifs is 3. The van der Waals surface area contributed by atoms with Crippen LogP contribution in [0.25, 0.3) is 66.7 Å². The molecular weight excluding hydrogens is 957 g/mol. The molecule has 3 heterocycles. The number of pyridine rings is 2. The first-order chi connectivity index (χ1) is 28.0. The molecule has 0 N–H and O–H groups in total. The van der Waals surface area contributed by atoms with E-state index in [1.165, 1.54) is 86.6 Å². The van der Waals surface area contributed by atoms with Crippen LogP contribution in [0.5, 0.6) is 0 Å². The van der Waals surface area contributed by atoms with Gasteiger partial charge < -0.3 is 9.40 Å². The molecule has 1 radical (unpaired) electrons. The molecule has 8 aromatic rings. The van der Waals surface area contributed by atoms with E-state index in [1.807, 2.05) is 24.4 Å². The van der Waals surface area contributed by atoms with Crippen molar-refractivity contribution in [2.75, 3.05) is 0 Å². The number of hydrogen-bond donors (Lipinski definition) is 0. The summed E-state index contributed by atoms with van der Waals surface area (Å²) in [6, 6.07) is 45.4. The zero-order valence-corrected chi connectivity index (χ0v) is 40.0. The van der Waals surface area contributed by atoms with Crippen molar-refractivity contribution in [3.05, 3.63) is 162 Å². The molecule has 1 saturated carbocycles. The standard InChI is InChI=1S/C33H32NO.C21H22GeN.Ir/c1-21-16-22(2)32(23(3)17-21)26-12-13-27-28-10-7-11-29(33(28)35-31(27)20-26)30-19-25(14-15-34-30)18-24-8-5-4-6-9-24;1-16-13-21(23-15-20(16)22(2,3)4)19-12-8-11-18(14-19)17-9-6-5-7-10-17;/h7,10,12-17,19-20,24H,4-6,8-9,18H2,1-3H3;5-11,13-15H,1-4H3;/q2*-1;. The Balaban J connectivity index is 0.000000192. The Hall–Kier alpha value is -4.61. The summed E-state index contributed by atoms with van der Waals surface area (Å²) in [6.45, 7) is 8.74. The van der Waals surface area contributed by atoms with Crippen LogP contribution in [0, 0.1) is 45.7 Å². The second-order valence-corrected chi connectivity index (χ2v) is 28.0. The fraction of sp³-hybridized carbons (Fsp3) is 0.259. The number of nitrogens with zero attached hydrogens (tertiary/aromatic N) is 2. The van der Waals surface area contributed by atoms with E-state index in [0.717, 1.165) is 56.8 Å². The van der Waals surface area contributed by atoms with Gasteiger partial charge in [0.15, 0.2) is 0 Å². The predicted octanol–water partition coefficient (Wildman–Crippen LogP) is 14.2. The van der Waals surface area contributed by atoms with Crippen LogP contribution in [0.2, 0.25) is 17.3 Å². The molecule has 3 nitrogen and oxygen atoms in total. The van der Waals surface area contributed by atoms with E-state index in [1.54, 1.807) is 0 Å². The zero-order chi connectivity index (χ0) is 40.4.